The van der Waals surface area contributed by atoms with Gasteiger partial charge in [0.15, 0.2) is 6.29 Å². The van der Waals surface area contributed by atoms with Gasteiger partial charge in [0.2, 0.25) is 0 Å². The molecule has 1 aliphatic rings. The summed E-state index contributed by atoms with van der Waals surface area (Å²) in [5, 5.41) is 0. The van der Waals surface area contributed by atoms with Crippen LogP contribution in [0.1, 0.15) is 54.4 Å². The first-order valence-corrected chi connectivity index (χ1v) is 7.20. The molecule has 17 heavy (non-hydrogen) atoms. The van der Waals surface area contributed by atoms with E-state index in [2.05, 4.69) is 41.5 Å². The Labute approximate surface area is 107 Å². The van der Waals surface area contributed by atoms with E-state index in [4.69, 9.17) is 9.47 Å². The molecule has 0 N–H and O–H groups in total. The number of hydrogen-bond acceptors (Lipinski definition) is 2. The molecule has 0 amide bonds. The van der Waals surface area contributed by atoms with Crippen LogP contribution in [0.5, 0.6) is 0 Å². The van der Waals surface area contributed by atoms with E-state index in [0.29, 0.717) is 23.7 Å². The molecule has 4 unspecified atom stereocenters. The standard InChI is InChI=1S/C15H30O2/c1-10(2)12(5)14-8-7-9-16-15(14)17-13(6)11(3)4/h10-15H,7-9H2,1-6H3. The molecule has 1 saturated heterocycles. The predicted molar refractivity (Wildman–Crippen MR) is 71.9 cm³/mol. The van der Waals surface area contributed by atoms with Gasteiger partial charge >= 0.3 is 0 Å². The molecule has 0 bridgehead atoms. The van der Waals surface area contributed by atoms with E-state index >= 15 is 0 Å². The number of rotatable bonds is 5. The lowest BCUT2D eigenvalue weighted by atomic mass is 9.81. The topological polar surface area (TPSA) is 18.5 Å². The summed E-state index contributed by atoms with van der Waals surface area (Å²) in [7, 11) is 0. The zero-order chi connectivity index (χ0) is 13.0. The van der Waals surface area contributed by atoms with Gasteiger partial charge in [-0.05, 0) is 37.5 Å². The molecular formula is C15H30O2. The summed E-state index contributed by atoms with van der Waals surface area (Å²) in [6.07, 6.45) is 2.71. The summed E-state index contributed by atoms with van der Waals surface area (Å²) in [5.74, 6) is 2.47. The SMILES string of the molecule is CC(C)C(C)OC1OCCCC1C(C)C(C)C. The molecule has 0 aromatic carbocycles. The normalized spacial score (nSPS) is 29.6. The molecule has 2 nitrogen and oxygen atoms in total. The monoisotopic (exact) mass is 242 g/mol. The lowest BCUT2D eigenvalue weighted by Gasteiger charge is -2.38. The second-order valence-electron chi connectivity index (χ2n) is 6.23. The minimum absolute atomic E-state index is 0.0125. The fraction of sp³-hybridized carbons (Fsp3) is 1.00. The molecule has 0 aromatic heterocycles. The fourth-order valence-electron chi connectivity index (χ4n) is 2.29. The van der Waals surface area contributed by atoms with Crippen LogP contribution >= 0.6 is 0 Å². The Morgan fingerprint density at radius 3 is 2.18 bits per heavy atom. The Kier molecular flexibility index (Phi) is 5.94. The molecule has 102 valence electrons. The molecule has 0 aromatic rings. The smallest absolute Gasteiger partial charge is 0.160 e. The van der Waals surface area contributed by atoms with Gasteiger partial charge in [0.1, 0.15) is 0 Å². The largest absolute Gasteiger partial charge is 0.352 e. The molecule has 0 saturated carbocycles. The van der Waals surface area contributed by atoms with Crippen LogP contribution in [0.15, 0.2) is 0 Å². The average Bonchev–Trinajstić information content (AvgIpc) is 2.28. The minimum atomic E-state index is 0.0125. The van der Waals surface area contributed by atoms with Gasteiger partial charge < -0.3 is 9.47 Å². The maximum Gasteiger partial charge on any atom is 0.160 e. The van der Waals surface area contributed by atoms with Crippen LogP contribution in [-0.4, -0.2) is 19.0 Å². The third-order valence-electron chi connectivity index (χ3n) is 4.33. The van der Waals surface area contributed by atoms with E-state index < -0.39 is 0 Å². The van der Waals surface area contributed by atoms with Crippen molar-refractivity contribution in [2.75, 3.05) is 6.61 Å². The average molecular weight is 242 g/mol. The minimum Gasteiger partial charge on any atom is -0.352 e. The lowest BCUT2D eigenvalue weighted by Crippen LogP contribution is -2.40. The quantitative estimate of drug-likeness (QED) is 0.723. The lowest BCUT2D eigenvalue weighted by molar-refractivity contribution is -0.229. The van der Waals surface area contributed by atoms with Gasteiger partial charge in [-0.15, -0.1) is 0 Å². The molecule has 1 heterocycles. The van der Waals surface area contributed by atoms with Crippen LogP contribution in [0, 0.1) is 23.7 Å². The predicted octanol–water partition coefficient (Wildman–Crippen LogP) is 4.09. The zero-order valence-corrected chi connectivity index (χ0v) is 12.4. The van der Waals surface area contributed by atoms with Gasteiger partial charge in [0.05, 0.1) is 6.10 Å². The molecule has 0 radical (unpaired) electrons. The first kappa shape index (κ1) is 15.0. The summed E-state index contributed by atoms with van der Waals surface area (Å²) >= 11 is 0. The first-order chi connectivity index (χ1) is 7.93. The summed E-state index contributed by atoms with van der Waals surface area (Å²) in [4.78, 5) is 0. The van der Waals surface area contributed by atoms with Gasteiger partial charge in [0, 0.05) is 12.5 Å². The van der Waals surface area contributed by atoms with E-state index in [1.54, 1.807) is 0 Å². The van der Waals surface area contributed by atoms with Gasteiger partial charge in [-0.1, -0.05) is 34.6 Å². The Morgan fingerprint density at radius 2 is 1.65 bits per heavy atom. The summed E-state index contributed by atoms with van der Waals surface area (Å²) in [6, 6.07) is 0. The van der Waals surface area contributed by atoms with Crippen LogP contribution in [-0.2, 0) is 9.47 Å². The summed E-state index contributed by atoms with van der Waals surface area (Å²) in [5.41, 5.74) is 0. The van der Waals surface area contributed by atoms with Crippen molar-refractivity contribution in [2.45, 2.75) is 66.8 Å². The Bertz CT molecular complexity index is 213. The van der Waals surface area contributed by atoms with Crippen LogP contribution in [0.3, 0.4) is 0 Å². The van der Waals surface area contributed by atoms with Crippen molar-refractivity contribution in [1.82, 2.24) is 0 Å². The summed E-state index contributed by atoms with van der Waals surface area (Å²) in [6.45, 7) is 14.3. The van der Waals surface area contributed by atoms with E-state index in [1.807, 2.05) is 0 Å². The maximum absolute atomic E-state index is 6.11. The Morgan fingerprint density at radius 1 is 1.00 bits per heavy atom. The third kappa shape index (κ3) is 4.26. The van der Waals surface area contributed by atoms with Crippen LogP contribution in [0.2, 0.25) is 0 Å². The van der Waals surface area contributed by atoms with Crippen molar-refractivity contribution in [2.24, 2.45) is 23.7 Å². The van der Waals surface area contributed by atoms with Gasteiger partial charge in [-0.2, -0.15) is 0 Å². The van der Waals surface area contributed by atoms with E-state index in [0.717, 1.165) is 6.61 Å². The van der Waals surface area contributed by atoms with Gasteiger partial charge in [0.25, 0.3) is 0 Å². The third-order valence-corrected chi connectivity index (χ3v) is 4.33. The highest BCUT2D eigenvalue weighted by molar-refractivity contribution is 4.76. The second kappa shape index (κ2) is 6.75. The van der Waals surface area contributed by atoms with Crippen LogP contribution < -0.4 is 0 Å². The fourth-order valence-corrected chi connectivity index (χ4v) is 2.29. The number of hydrogen-bond donors (Lipinski definition) is 0. The van der Waals surface area contributed by atoms with Crippen molar-refractivity contribution < 1.29 is 9.47 Å². The molecule has 4 atom stereocenters. The second-order valence-corrected chi connectivity index (χ2v) is 6.23. The van der Waals surface area contributed by atoms with E-state index in [-0.39, 0.29) is 12.4 Å². The van der Waals surface area contributed by atoms with Gasteiger partial charge in [-0.25, -0.2) is 0 Å². The highest BCUT2D eigenvalue weighted by Crippen LogP contribution is 2.33. The van der Waals surface area contributed by atoms with Crippen molar-refractivity contribution in [1.29, 1.82) is 0 Å². The highest BCUT2D eigenvalue weighted by Gasteiger charge is 2.33. The van der Waals surface area contributed by atoms with E-state index in [1.165, 1.54) is 12.8 Å². The Hall–Kier alpha value is -0.0800. The van der Waals surface area contributed by atoms with E-state index in [9.17, 15) is 0 Å². The van der Waals surface area contributed by atoms with Crippen molar-refractivity contribution in [3.63, 3.8) is 0 Å². The number of ether oxygens (including phenoxy) is 2. The van der Waals surface area contributed by atoms with Gasteiger partial charge in [-0.3, -0.25) is 0 Å². The van der Waals surface area contributed by atoms with Crippen molar-refractivity contribution >= 4 is 0 Å². The highest BCUT2D eigenvalue weighted by atomic mass is 16.7. The molecule has 0 aliphatic carbocycles. The summed E-state index contributed by atoms with van der Waals surface area (Å²) < 4.78 is 12.0. The van der Waals surface area contributed by atoms with Crippen LogP contribution in [0.25, 0.3) is 0 Å². The Balaban J connectivity index is 2.59. The molecule has 0 spiro atoms. The van der Waals surface area contributed by atoms with Crippen molar-refractivity contribution in [3.05, 3.63) is 0 Å². The molecule has 1 fully saturated rings. The molecule has 1 rings (SSSR count). The zero-order valence-electron chi connectivity index (χ0n) is 12.4. The molecular weight excluding hydrogens is 212 g/mol. The molecule has 2 heteroatoms. The van der Waals surface area contributed by atoms with Crippen LogP contribution in [0.4, 0.5) is 0 Å². The van der Waals surface area contributed by atoms with Crippen molar-refractivity contribution in [3.8, 4) is 0 Å². The molecule has 1 aliphatic heterocycles. The first-order valence-electron chi connectivity index (χ1n) is 7.20. The maximum atomic E-state index is 6.11.